The fraction of sp³-hybridized carbons (Fsp3) is 0.781. The Balaban J connectivity index is 1.61. The van der Waals surface area contributed by atoms with Crippen LogP contribution in [0.4, 0.5) is 0 Å². The molecule has 220 valence electrons. The van der Waals surface area contributed by atoms with E-state index < -0.39 is 16.6 Å². The van der Waals surface area contributed by atoms with Gasteiger partial charge in [-0.15, -0.1) is 0 Å². The van der Waals surface area contributed by atoms with Gasteiger partial charge in [0.15, 0.2) is 8.32 Å². The van der Waals surface area contributed by atoms with Gasteiger partial charge < -0.3 is 13.6 Å². The molecule has 4 unspecified atom stereocenters. The summed E-state index contributed by atoms with van der Waals surface area (Å²) in [7, 11) is -3.90. The molecule has 1 aromatic carbocycles. The van der Waals surface area contributed by atoms with E-state index in [0.717, 1.165) is 31.4 Å². The molecule has 2 fully saturated rings. The minimum atomic E-state index is -2.02. The molecule has 7 heteroatoms. The maximum Gasteiger partial charge on any atom is 0.316 e. The fourth-order valence-electron chi connectivity index (χ4n) is 7.06. The van der Waals surface area contributed by atoms with Crippen molar-refractivity contribution in [1.82, 2.24) is 0 Å². The number of halogens is 1. The van der Waals surface area contributed by atoms with Crippen molar-refractivity contribution < 1.29 is 18.4 Å². The lowest BCUT2D eigenvalue weighted by Crippen LogP contribution is -2.50. The summed E-state index contributed by atoms with van der Waals surface area (Å²) in [6.07, 6.45) is 5.28. The van der Waals surface area contributed by atoms with Crippen molar-refractivity contribution in [2.24, 2.45) is 17.3 Å². The lowest BCUT2D eigenvalue weighted by atomic mass is 9.55. The molecule has 3 aliphatic rings. The summed E-state index contributed by atoms with van der Waals surface area (Å²) in [5.41, 5.74) is 2.96. The smallest absolute Gasteiger partial charge is 0.316 e. The lowest BCUT2D eigenvalue weighted by Gasteiger charge is -2.50. The first-order valence-electron chi connectivity index (χ1n) is 15.1. The normalized spacial score (nSPS) is 31.2. The second kappa shape index (κ2) is 10.6. The Morgan fingerprint density at radius 2 is 1.67 bits per heavy atom. The predicted molar refractivity (Wildman–Crippen MR) is 170 cm³/mol. The first-order valence-corrected chi connectivity index (χ1v) is 22.0. The Bertz CT molecular complexity index is 1070. The third-order valence-electron chi connectivity index (χ3n) is 11.4. The first-order chi connectivity index (χ1) is 17.8. The van der Waals surface area contributed by atoms with Gasteiger partial charge in [0, 0.05) is 5.41 Å². The van der Waals surface area contributed by atoms with Crippen LogP contribution in [0.25, 0.3) is 0 Å². The maximum absolute atomic E-state index is 12.6. The van der Waals surface area contributed by atoms with Crippen LogP contribution in [0, 0.1) is 17.3 Å². The number of hydrogen-bond donors (Lipinski definition) is 0. The molecule has 0 N–H and O–H groups in total. The van der Waals surface area contributed by atoms with Crippen LogP contribution in [-0.2, 0) is 20.4 Å². The van der Waals surface area contributed by atoms with Gasteiger partial charge in [0.1, 0.15) is 17.2 Å². The van der Waals surface area contributed by atoms with Gasteiger partial charge >= 0.3 is 5.97 Å². The number of aryl methyl sites for hydroxylation is 1. The summed E-state index contributed by atoms with van der Waals surface area (Å²) in [5.74, 6) is 2.53. The molecule has 39 heavy (non-hydrogen) atoms. The monoisotopic (exact) mass is 636 g/mol. The Morgan fingerprint density at radius 3 is 2.26 bits per heavy atom. The zero-order chi connectivity index (χ0) is 29.2. The van der Waals surface area contributed by atoms with Crippen molar-refractivity contribution in [3.8, 4) is 5.75 Å². The second-order valence-corrected chi connectivity index (χ2v) is 25.9. The lowest BCUT2D eigenvalue weighted by molar-refractivity contribution is -0.159. The zero-order valence-corrected chi connectivity index (χ0v) is 30.0. The highest BCUT2D eigenvalue weighted by atomic mass is 79.9. The van der Waals surface area contributed by atoms with Crippen LogP contribution >= 0.6 is 15.9 Å². The van der Waals surface area contributed by atoms with Gasteiger partial charge in [0.2, 0.25) is 8.32 Å². The molecule has 6 atom stereocenters. The van der Waals surface area contributed by atoms with Crippen LogP contribution < -0.4 is 4.43 Å². The van der Waals surface area contributed by atoms with E-state index in [-0.39, 0.29) is 39.0 Å². The van der Waals surface area contributed by atoms with Crippen LogP contribution in [0.1, 0.15) is 91.2 Å². The molecule has 4 nitrogen and oxygen atoms in total. The Hall–Kier alpha value is -0.636. The molecule has 0 saturated heterocycles. The quantitative estimate of drug-likeness (QED) is 0.177. The van der Waals surface area contributed by atoms with Gasteiger partial charge in [0.05, 0.1) is 6.10 Å². The van der Waals surface area contributed by atoms with Crippen LogP contribution in [-0.4, -0.2) is 40.1 Å². The van der Waals surface area contributed by atoms with E-state index in [1.54, 1.807) is 0 Å². The van der Waals surface area contributed by atoms with Crippen molar-refractivity contribution in [3.63, 3.8) is 0 Å². The zero-order valence-electron chi connectivity index (χ0n) is 26.4. The SMILES string of the molecule is CC(C)(C)[Si](C)(C)Oc1ccc2c(c1)CCC1C2CC[C@@]2(C)C1CC(O[Si](C)(C)C(C)(C)C)[C@@H]2OC(=O)CBr. The Labute approximate surface area is 248 Å². The molecule has 0 amide bonds. The van der Waals surface area contributed by atoms with Crippen LogP contribution in [0.5, 0.6) is 5.75 Å². The molecule has 0 aromatic heterocycles. The van der Waals surface area contributed by atoms with Gasteiger partial charge in [-0.1, -0.05) is 70.5 Å². The highest BCUT2D eigenvalue weighted by molar-refractivity contribution is 9.09. The van der Waals surface area contributed by atoms with Gasteiger partial charge in [0.25, 0.3) is 0 Å². The highest BCUT2D eigenvalue weighted by Crippen LogP contribution is 2.62. The molecule has 0 bridgehead atoms. The molecule has 1 aromatic rings. The van der Waals surface area contributed by atoms with Crippen molar-refractivity contribution in [3.05, 3.63) is 29.3 Å². The molecule has 2 saturated carbocycles. The van der Waals surface area contributed by atoms with E-state index in [9.17, 15) is 4.79 Å². The van der Waals surface area contributed by atoms with E-state index in [1.807, 2.05) is 0 Å². The van der Waals surface area contributed by atoms with E-state index in [1.165, 1.54) is 17.5 Å². The van der Waals surface area contributed by atoms with E-state index in [0.29, 0.717) is 17.8 Å². The number of rotatable bonds is 6. The van der Waals surface area contributed by atoms with Gasteiger partial charge in [-0.05, 0) is 109 Å². The minimum absolute atomic E-state index is 0.0237. The van der Waals surface area contributed by atoms with Crippen molar-refractivity contribution in [1.29, 1.82) is 0 Å². The van der Waals surface area contributed by atoms with E-state index in [4.69, 9.17) is 13.6 Å². The average Bonchev–Trinajstić information content (AvgIpc) is 3.07. The molecule has 0 radical (unpaired) electrons. The van der Waals surface area contributed by atoms with Crippen molar-refractivity contribution >= 4 is 38.5 Å². The molecular weight excluding hydrogens is 584 g/mol. The van der Waals surface area contributed by atoms with Gasteiger partial charge in [-0.3, -0.25) is 4.79 Å². The van der Waals surface area contributed by atoms with Crippen LogP contribution in [0.2, 0.25) is 36.3 Å². The third-order valence-corrected chi connectivity index (χ3v) is 20.7. The number of benzene rings is 1. The van der Waals surface area contributed by atoms with E-state index in [2.05, 4.69) is 109 Å². The summed E-state index contributed by atoms with van der Waals surface area (Å²) in [6.45, 7) is 25.5. The largest absolute Gasteiger partial charge is 0.543 e. The minimum Gasteiger partial charge on any atom is -0.543 e. The first kappa shape index (κ1) is 31.3. The topological polar surface area (TPSA) is 44.8 Å². The molecule has 0 heterocycles. The van der Waals surface area contributed by atoms with Gasteiger partial charge in [-0.2, -0.15) is 0 Å². The standard InChI is InChI=1S/C32H53BrO4Si2/c1-30(2,3)38(8,9)36-22-13-15-23-21(18-22)12-14-25-24(23)16-17-32(7)26(25)19-27(29(32)35-28(34)20-33)37-39(10,11)31(4,5)6/h13,15,18,24-27,29H,12,14,16-17,19-20H2,1-11H3/t24?,25?,26?,27?,29-,32-/m0/s1. The molecular formula is C32H53BrO4Si2. The number of carbonyl (C=O) groups is 1. The second-order valence-electron chi connectivity index (χ2n) is 15.9. The van der Waals surface area contributed by atoms with Gasteiger partial charge in [-0.25, -0.2) is 0 Å². The van der Waals surface area contributed by atoms with Crippen LogP contribution in [0.3, 0.4) is 0 Å². The number of esters is 1. The Kier molecular flexibility index (Phi) is 8.49. The summed E-state index contributed by atoms with van der Waals surface area (Å²) in [4.78, 5) is 12.6. The number of ether oxygens (including phenoxy) is 1. The number of alkyl halides is 1. The third kappa shape index (κ3) is 5.85. The molecule has 0 aliphatic heterocycles. The Morgan fingerprint density at radius 1 is 1.03 bits per heavy atom. The summed E-state index contributed by atoms with van der Waals surface area (Å²) < 4.78 is 20.0. The maximum atomic E-state index is 12.6. The number of carbonyl (C=O) groups excluding carboxylic acids is 1. The average molecular weight is 638 g/mol. The summed E-state index contributed by atoms with van der Waals surface area (Å²) in [6, 6.07) is 6.95. The fourth-order valence-corrected chi connectivity index (χ4v) is 9.55. The highest BCUT2D eigenvalue weighted by Gasteiger charge is 2.61. The van der Waals surface area contributed by atoms with Crippen molar-refractivity contribution in [2.45, 2.75) is 135 Å². The summed E-state index contributed by atoms with van der Waals surface area (Å²) in [5, 5.41) is 0.528. The summed E-state index contributed by atoms with van der Waals surface area (Å²) >= 11 is 3.33. The number of hydrogen-bond acceptors (Lipinski definition) is 4. The number of fused-ring (bicyclic) bond motifs is 5. The molecule has 0 spiro atoms. The van der Waals surface area contributed by atoms with Crippen molar-refractivity contribution in [2.75, 3.05) is 5.33 Å². The van der Waals surface area contributed by atoms with E-state index >= 15 is 0 Å². The predicted octanol–water partition coefficient (Wildman–Crippen LogP) is 9.23. The van der Waals surface area contributed by atoms with Crippen LogP contribution in [0.15, 0.2) is 18.2 Å². The molecule has 3 aliphatic carbocycles. The molecule has 4 rings (SSSR count).